The molecule has 2 amide bonds. The second-order valence-electron chi connectivity index (χ2n) is 4.04. The van der Waals surface area contributed by atoms with Crippen LogP contribution in [0, 0.1) is 0 Å². The maximum Gasteiger partial charge on any atom is 0.245 e. The molecule has 84 valence electrons. The molecule has 0 aromatic carbocycles. The first-order valence-electron chi connectivity index (χ1n) is 5.02. The highest BCUT2D eigenvalue weighted by Crippen LogP contribution is 2.15. The normalized spacial score (nSPS) is 35.7. The summed E-state index contributed by atoms with van der Waals surface area (Å²) >= 11 is 0. The van der Waals surface area contributed by atoms with Gasteiger partial charge in [0.25, 0.3) is 0 Å². The number of hydrogen-bond acceptors (Lipinski definition) is 4. The lowest BCUT2D eigenvalue weighted by molar-refractivity contribution is -0.133. The van der Waals surface area contributed by atoms with Crippen LogP contribution in [-0.4, -0.2) is 58.3 Å². The van der Waals surface area contributed by atoms with Crippen LogP contribution in [0.5, 0.6) is 0 Å². The highest BCUT2D eigenvalue weighted by Gasteiger charge is 2.37. The molecule has 2 aliphatic rings. The van der Waals surface area contributed by atoms with Gasteiger partial charge in [-0.25, -0.2) is 0 Å². The van der Waals surface area contributed by atoms with Crippen molar-refractivity contribution >= 4 is 11.8 Å². The molecule has 3 N–H and O–H groups in total. The van der Waals surface area contributed by atoms with Crippen molar-refractivity contribution in [3.63, 3.8) is 0 Å². The lowest BCUT2D eigenvalue weighted by Gasteiger charge is -2.19. The van der Waals surface area contributed by atoms with Crippen molar-refractivity contribution in [3.05, 3.63) is 0 Å². The molecule has 0 saturated carbocycles. The summed E-state index contributed by atoms with van der Waals surface area (Å²) in [7, 11) is 0. The summed E-state index contributed by atoms with van der Waals surface area (Å²) in [6.45, 7) is 0.290. The van der Waals surface area contributed by atoms with Crippen molar-refractivity contribution in [1.29, 1.82) is 0 Å². The average Bonchev–Trinajstić information content (AvgIpc) is 2.74. The van der Waals surface area contributed by atoms with Gasteiger partial charge >= 0.3 is 0 Å². The van der Waals surface area contributed by atoms with Crippen molar-refractivity contribution in [2.45, 2.75) is 31.1 Å². The van der Waals surface area contributed by atoms with E-state index in [-0.39, 0.29) is 24.9 Å². The van der Waals surface area contributed by atoms with Gasteiger partial charge in [-0.2, -0.15) is 0 Å². The smallest absolute Gasteiger partial charge is 0.245 e. The highest BCUT2D eigenvalue weighted by molar-refractivity contribution is 5.91. The summed E-state index contributed by atoms with van der Waals surface area (Å²) in [6.07, 6.45) is -0.868. The maximum absolute atomic E-state index is 11.8. The Hall–Kier alpha value is -1.14. The summed E-state index contributed by atoms with van der Waals surface area (Å²) in [6, 6.07) is -0.477. The first kappa shape index (κ1) is 10.4. The van der Waals surface area contributed by atoms with E-state index in [4.69, 9.17) is 0 Å². The Morgan fingerprint density at radius 1 is 1.33 bits per heavy atom. The van der Waals surface area contributed by atoms with E-state index in [9.17, 15) is 19.8 Å². The van der Waals surface area contributed by atoms with Gasteiger partial charge in [-0.05, 0) is 6.42 Å². The summed E-state index contributed by atoms with van der Waals surface area (Å²) < 4.78 is 0. The molecule has 0 aliphatic carbocycles. The molecule has 0 bridgehead atoms. The third-order valence-electron chi connectivity index (χ3n) is 2.86. The number of nitrogens with zero attached hydrogens (tertiary/aromatic N) is 1. The first-order valence-corrected chi connectivity index (χ1v) is 5.02. The molecule has 6 nitrogen and oxygen atoms in total. The van der Waals surface area contributed by atoms with Gasteiger partial charge in [0, 0.05) is 19.5 Å². The average molecular weight is 214 g/mol. The molecule has 2 fully saturated rings. The minimum absolute atomic E-state index is 0.117. The number of aliphatic hydroxyl groups excluding tert-OH is 2. The van der Waals surface area contributed by atoms with Crippen LogP contribution in [0.1, 0.15) is 12.8 Å². The van der Waals surface area contributed by atoms with Gasteiger partial charge in [0.05, 0.1) is 12.2 Å². The van der Waals surface area contributed by atoms with Gasteiger partial charge < -0.3 is 20.4 Å². The number of β-amino-alcohol motifs (C(OH)–C–C–N with tert-alkyl or cyclic N) is 2. The second-order valence-corrected chi connectivity index (χ2v) is 4.04. The number of amides is 2. The largest absolute Gasteiger partial charge is 0.388 e. The Bertz CT molecular complexity index is 284. The molecule has 2 unspecified atom stereocenters. The zero-order valence-corrected chi connectivity index (χ0v) is 8.22. The molecule has 2 heterocycles. The lowest BCUT2D eigenvalue weighted by atomic mass is 10.2. The van der Waals surface area contributed by atoms with E-state index in [1.807, 2.05) is 0 Å². The number of aliphatic hydroxyl groups is 2. The topological polar surface area (TPSA) is 89.9 Å². The lowest BCUT2D eigenvalue weighted by Crippen LogP contribution is -2.43. The Kier molecular flexibility index (Phi) is 2.62. The molecule has 6 heteroatoms. The van der Waals surface area contributed by atoms with Gasteiger partial charge in [-0.15, -0.1) is 0 Å². The molecule has 2 rings (SSSR count). The van der Waals surface area contributed by atoms with Crippen LogP contribution in [0.2, 0.25) is 0 Å². The molecule has 0 aromatic heterocycles. The van der Waals surface area contributed by atoms with Crippen LogP contribution in [0.25, 0.3) is 0 Å². The van der Waals surface area contributed by atoms with E-state index in [1.54, 1.807) is 0 Å². The van der Waals surface area contributed by atoms with E-state index >= 15 is 0 Å². The van der Waals surface area contributed by atoms with Gasteiger partial charge in [-0.1, -0.05) is 0 Å². The summed E-state index contributed by atoms with van der Waals surface area (Å²) in [4.78, 5) is 24.1. The van der Waals surface area contributed by atoms with Crippen LogP contribution in [0.4, 0.5) is 0 Å². The van der Waals surface area contributed by atoms with E-state index < -0.39 is 18.2 Å². The van der Waals surface area contributed by atoms with Gasteiger partial charge in [0.15, 0.2) is 0 Å². The molecule has 2 aliphatic heterocycles. The zero-order chi connectivity index (χ0) is 11.0. The molecule has 0 aromatic rings. The second kappa shape index (κ2) is 3.79. The number of likely N-dealkylation sites (tertiary alicyclic amines) is 1. The van der Waals surface area contributed by atoms with Crippen LogP contribution in [0.15, 0.2) is 0 Å². The number of nitrogens with one attached hydrogen (secondary N) is 1. The number of hydrogen-bond donors (Lipinski definition) is 3. The third kappa shape index (κ3) is 1.95. The number of rotatable bonds is 1. The van der Waals surface area contributed by atoms with Crippen LogP contribution >= 0.6 is 0 Å². The molecular weight excluding hydrogens is 200 g/mol. The predicted molar refractivity (Wildman–Crippen MR) is 49.8 cm³/mol. The Morgan fingerprint density at radius 3 is 2.40 bits per heavy atom. The fraction of sp³-hybridized carbons (Fsp3) is 0.778. The van der Waals surface area contributed by atoms with Crippen LogP contribution in [0.3, 0.4) is 0 Å². The van der Waals surface area contributed by atoms with Crippen molar-refractivity contribution < 1.29 is 19.8 Å². The third-order valence-corrected chi connectivity index (χ3v) is 2.86. The molecule has 0 spiro atoms. The number of carbonyl (C=O) groups is 2. The standard InChI is InChI=1S/C9H14N2O4/c12-6-3-11(4-7(6)13)9(15)5-1-2-8(14)10-5/h5-7,12-13H,1-4H2,(H,10,14)/t5-,6?,7?/m0/s1. The van der Waals surface area contributed by atoms with Crippen molar-refractivity contribution in [2.24, 2.45) is 0 Å². The minimum atomic E-state index is -0.869. The molecule has 0 radical (unpaired) electrons. The Morgan fingerprint density at radius 2 is 1.93 bits per heavy atom. The summed E-state index contributed by atoms with van der Waals surface area (Å²) in [5, 5.41) is 21.1. The molecular formula is C9H14N2O4. The maximum atomic E-state index is 11.8. The molecule has 15 heavy (non-hydrogen) atoms. The summed E-state index contributed by atoms with van der Waals surface area (Å²) in [5.74, 6) is -0.329. The van der Waals surface area contributed by atoms with E-state index in [0.29, 0.717) is 12.8 Å². The van der Waals surface area contributed by atoms with E-state index in [1.165, 1.54) is 4.90 Å². The van der Waals surface area contributed by atoms with Crippen molar-refractivity contribution in [3.8, 4) is 0 Å². The van der Waals surface area contributed by atoms with E-state index in [0.717, 1.165) is 0 Å². The van der Waals surface area contributed by atoms with E-state index in [2.05, 4.69) is 5.32 Å². The first-order chi connectivity index (χ1) is 7.08. The monoisotopic (exact) mass is 214 g/mol. The summed E-state index contributed by atoms with van der Waals surface area (Å²) in [5.41, 5.74) is 0. The van der Waals surface area contributed by atoms with Crippen LogP contribution < -0.4 is 5.32 Å². The minimum Gasteiger partial charge on any atom is -0.388 e. The van der Waals surface area contributed by atoms with Gasteiger partial charge in [-0.3, -0.25) is 9.59 Å². The predicted octanol–water partition coefficient (Wildman–Crippen LogP) is -2.17. The Labute approximate surface area is 86.9 Å². The molecule has 2 saturated heterocycles. The van der Waals surface area contributed by atoms with Crippen molar-refractivity contribution in [2.75, 3.05) is 13.1 Å². The van der Waals surface area contributed by atoms with Crippen LogP contribution in [-0.2, 0) is 9.59 Å². The van der Waals surface area contributed by atoms with Gasteiger partial charge in [0.1, 0.15) is 6.04 Å². The zero-order valence-electron chi connectivity index (χ0n) is 8.22. The van der Waals surface area contributed by atoms with Crippen molar-refractivity contribution in [1.82, 2.24) is 10.2 Å². The SMILES string of the molecule is O=C1CC[C@@H](C(=O)N2CC(O)C(O)C2)N1. The Balaban J connectivity index is 1.94. The molecule has 3 atom stereocenters. The quantitative estimate of drug-likeness (QED) is 0.463. The number of carbonyl (C=O) groups excluding carboxylic acids is 2. The fourth-order valence-electron chi connectivity index (χ4n) is 1.97. The fourth-order valence-corrected chi connectivity index (χ4v) is 1.97. The highest BCUT2D eigenvalue weighted by atomic mass is 16.3. The van der Waals surface area contributed by atoms with Gasteiger partial charge in [0.2, 0.25) is 11.8 Å².